The number of carbonyl (C=O) groups is 2. The van der Waals surface area contributed by atoms with Crippen LogP contribution in [0.2, 0.25) is 0 Å². The first-order chi connectivity index (χ1) is 14.1. The third-order valence-electron chi connectivity index (χ3n) is 5.51. The molecule has 0 bridgehead atoms. The van der Waals surface area contributed by atoms with Crippen molar-refractivity contribution >= 4 is 23.3 Å². The molecule has 3 heterocycles. The minimum Gasteiger partial charge on any atom is -0.353 e. The molecule has 7 heteroatoms. The number of benzene rings is 1. The summed E-state index contributed by atoms with van der Waals surface area (Å²) in [7, 11) is 0. The van der Waals surface area contributed by atoms with Gasteiger partial charge >= 0.3 is 0 Å². The Bertz CT molecular complexity index is 942. The number of hydrogen-bond acceptors (Lipinski definition) is 5. The molecule has 2 fully saturated rings. The number of aromatic nitrogens is 1. The molecule has 1 aromatic carbocycles. The molecule has 4 rings (SSSR count). The Morgan fingerprint density at radius 1 is 1.07 bits per heavy atom. The molecule has 2 aromatic rings. The highest BCUT2D eigenvalue weighted by Crippen LogP contribution is 2.22. The SMILES string of the molecule is N#Cc1ccnc(N2CCN(C(=O)Cc3ccc(N4CCCC4=O)cc3)CC2)c1. The first kappa shape index (κ1) is 18.9. The topological polar surface area (TPSA) is 80.5 Å². The summed E-state index contributed by atoms with van der Waals surface area (Å²) in [4.78, 5) is 34.7. The molecule has 0 unspecified atom stereocenters. The fraction of sp³-hybridized carbons (Fsp3) is 0.364. The number of amides is 2. The zero-order valence-corrected chi connectivity index (χ0v) is 16.3. The van der Waals surface area contributed by atoms with E-state index in [1.165, 1.54) is 0 Å². The van der Waals surface area contributed by atoms with Crippen molar-refractivity contribution < 1.29 is 9.59 Å². The lowest BCUT2D eigenvalue weighted by atomic mass is 10.1. The summed E-state index contributed by atoms with van der Waals surface area (Å²) in [6, 6.07) is 13.3. The Kier molecular flexibility index (Phi) is 5.43. The average molecular weight is 389 g/mol. The zero-order valence-electron chi connectivity index (χ0n) is 16.3. The minimum atomic E-state index is 0.105. The Hall–Kier alpha value is -3.40. The summed E-state index contributed by atoms with van der Waals surface area (Å²) in [5.74, 6) is 1.05. The second-order valence-electron chi connectivity index (χ2n) is 7.37. The van der Waals surface area contributed by atoms with E-state index in [0.29, 0.717) is 44.6 Å². The maximum atomic E-state index is 12.7. The van der Waals surface area contributed by atoms with Crippen LogP contribution >= 0.6 is 0 Å². The summed E-state index contributed by atoms with van der Waals surface area (Å²) < 4.78 is 0. The monoisotopic (exact) mass is 389 g/mol. The van der Waals surface area contributed by atoms with Gasteiger partial charge in [0.1, 0.15) is 5.82 Å². The maximum absolute atomic E-state index is 12.7. The van der Waals surface area contributed by atoms with E-state index < -0.39 is 0 Å². The normalized spacial score (nSPS) is 16.8. The molecule has 0 aliphatic carbocycles. The number of carbonyl (C=O) groups excluding carboxylic acids is 2. The predicted octanol–water partition coefficient (Wildman–Crippen LogP) is 1.97. The molecule has 0 saturated carbocycles. The van der Waals surface area contributed by atoms with Crippen LogP contribution in [0.15, 0.2) is 42.6 Å². The van der Waals surface area contributed by atoms with Crippen LogP contribution in [0.25, 0.3) is 0 Å². The quantitative estimate of drug-likeness (QED) is 0.799. The molecule has 0 spiro atoms. The lowest BCUT2D eigenvalue weighted by molar-refractivity contribution is -0.130. The molecule has 2 saturated heterocycles. The van der Waals surface area contributed by atoms with Crippen LogP contribution in [0.3, 0.4) is 0 Å². The molecular formula is C22H23N5O2. The van der Waals surface area contributed by atoms with Gasteiger partial charge < -0.3 is 14.7 Å². The predicted molar refractivity (Wildman–Crippen MR) is 109 cm³/mol. The van der Waals surface area contributed by atoms with E-state index in [1.807, 2.05) is 29.2 Å². The number of piperazine rings is 1. The first-order valence-electron chi connectivity index (χ1n) is 9.92. The van der Waals surface area contributed by atoms with Gasteiger partial charge in [-0.1, -0.05) is 12.1 Å². The summed E-state index contributed by atoms with van der Waals surface area (Å²) >= 11 is 0. The largest absolute Gasteiger partial charge is 0.353 e. The molecule has 2 aliphatic rings. The lowest BCUT2D eigenvalue weighted by Gasteiger charge is -2.35. The molecule has 0 atom stereocenters. The Labute approximate surface area is 170 Å². The van der Waals surface area contributed by atoms with E-state index in [0.717, 1.165) is 30.0 Å². The standard InChI is InChI=1S/C22H23N5O2/c23-16-18-7-8-24-20(14-18)25-10-12-26(13-11-25)22(29)15-17-3-5-19(6-4-17)27-9-1-2-21(27)28/h3-8,14H,1-2,9-13,15H2. The highest BCUT2D eigenvalue weighted by atomic mass is 16.2. The molecule has 7 nitrogen and oxygen atoms in total. The molecule has 0 radical (unpaired) electrons. The summed E-state index contributed by atoms with van der Waals surface area (Å²) in [6.45, 7) is 3.44. The molecule has 2 aliphatic heterocycles. The highest BCUT2D eigenvalue weighted by molar-refractivity contribution is 5.95. The van der Waals surface area contributed by atoms with E-state index >= 15 is 0 Å². The van der Waals surface area contributed by atoms with Gasteiger partial charge in [-0.25, -0.2) is 4.98 Å². The van der Waals surface area contributed by atoms with Gasteiger partial charge in [-0.2, -0.15) is 5.26 Å². The van der Waals surface area contributed by atoms with Gasteiger partial charge in [0.25, 0.3) is 0 Å². The van der Waals surface area contributed by atoms with Gasteiger partial charge in [-0.05, 0) is 36.2 Å². The first-order valence-corrected chi connectivity index (χ1v) is 9.92. The molecule has 29 heavy (non-hydrogen) atoms. The minimum absolute atomic E-state index is 0.105. The van der Waals surface area contributed by atoms with E-state index in [9.17, 15) is 9.59 Å². The number of hydrogen-bond donors (Lipinski definition) is 0. The van der Waals surface area contributed by atoms with Crippen molar-refractivity contribution in [2.45, 2.75) is 19.3 Å². The average Bonchev–Trinajstić information content (AvgIpc) is 3.20. The van der Waals surface area contributed by atoms with Crippen molar-refractivity contribution in [1.82, 2.24) is 9.88 Å². The summed E-state index contributed by atoms with van der Waals surface area (Å²) in [6.07, 6.45) is 3.52. The molecule has 148 valence electrons. The number of rotatable bonds is 4. The van der Waals surface area contributed by atoms with Crippen molar-refractivity contribution in [3.05, 3.63) is 53.7 Å². The van der Waals surface area contributed by atoms with E-state index in [4.69, 9.17) is 5.26 Å². The van der Waals surface area contributed by atoms with Crippen LogP contribution in [-0.2, 0) is 16.0 Å². The summed E-state index contributed by atoms with van der Waals surface area (Å²) in [5, 5.41) is 9.04. The zero-order chi connectivity index (χ0) is 20.2. The third-order valence-corrected chi connectivity index (χ3v) is 5.51. The van der Waals surface area contributed by atoms with Crippen LogP contribution in [0, 0.1) is 11.3 Å². The summed E-state index contributed by atoms with van der Waals surface area (Å²) in [5.41, 5.74) is 2.45. The number of anilines is 2. The van der Waals surface area contributed by atoms with Crippen molar-refractivity contribution in [3.63, 3.8) is 0 Å². The molecule has 0 N–H and O–H groups in total. The van der Waals surface area contributed by atoms with Crippen LogP contribution in [0.5, 0.6) is 0 Å². The van der Waals surface area contributed by atoms with Crippen molar-refractivity contribution in [3.8, 4) is 6.07 Å². The Morgan fingerprint density at radius 3 is 2.48 bits per heavy atom. The molecule has 1 aromatic heterocycles. The third kappa shape index (κ3) is 4.21. The van der Waals surface area contributed by atoms with Crippen LogP contribution in [-0.4, -0.2) is 54.4 Å². The van der Waals surface area contributed by atoms with Crippen molar-refractivity contribution in [2.24, 2.45) is 0 Å². The smallest absolute Gasteiger partial charge is 0.227 e. The van der Waals surface area contributed by atoms with Gasteiger partial charge in [0.2, 0.25) is 11.8 Å². The van der Waals surface area contributed by atoms with Crippen molar-refractivity contribution in [1.29, 1.82) is 5.26 Å². The number of pyridine rings is 1. The van der Waals surface area contributed by atoms with Gasteiger partial charge in [0.05, 0.1) is 18.1 Å². The molecule has 2 amide bonds. The second kappa shape index (κ2) is 8.31. The van der Waals surface area contributed by atoms with Gasteiger partial charge in [0.15, 0.2) is 0 Å². The Morgan fingerprint density at radius 2 is 1.83 bits per heavy atom. The Balaban J connectivity index is 1.32. The fourth-order valence-electron chi connectivity index (χ4n) is 3.85. The molecular weight excluding hydrogens is 366 g/mol. The van der Waals surface area contributed by atoms with Gasteiger partial charge in [-0.3, -0.25) is 9.59 Å². The van der Waals surface area contributed by atoms with Crippen LogP contribution in [0.4, 0.5) is 11.5 Å². The van der Waals surface area contributed by atoms with Gasteiger partial charge in [-0.15, -0.1) is 0 Å². The lowest BCUT2D eigenvalue weighted by Crippen LogP contribution is -2.49. The van der Waals surface area contributed by atoms with E-state index in [1.54, 1.807) is 23.2 Å². The fourth-order valence-corrected chi connectivity index (χ4v) is 3.85. The maximum Gasteiger partial charge on any atom is 0.227 e. The van der Waals surface area contributed by atoms with Gasteiger partial charge in [0, 0.05) is 51.0 Å². The van der Waals surface area contributed by atoms with E-state index in [2.05, 4.69) is 16.0 Å². The van der Waals surface area contributed by atoms with Crippen LogP contribution < -0.4 is 9.80 Å². The number of nitrogens with zero attached hydrogens (tertiary/aromatic N) is 5. The highest BCUT2D eigenvalue weighted by Gasteiger charge is 2.23. The van der Waals surface area contributed by atoms with E-state index in [-0.39, 0.29) is 11.8 Å². The second-order valence-corrected chi connectivity index (χ2v) is 7.37. The van der Waals surface area contributed by atoms with Crippen molar-refractivity contribution in [2.75, 3.05) is 42.5 Å². The number of nitriles is 1. The van der Waals surface area contributed by atoms with Crippen LogP contribution in [0.1, 0.15) is 24.0 Å².